The number of hydrogen-bond donors (Lipinski definition) is 1. The Labute approximate surface area is 156 Å². The molecule has 3 aromatic rings. The number of rotatable bonds is 4. The van der Waals surface area contributed by atoms with Crippen molar-refractivity contribution < 1.29 is 4.79 Å². The predicted octanol–water partition coefficient (Wildman–Crippen LogP) is 2.74. The second kappa shape index (κ2) is 5.25. The fourth-order valence-corrected chi connectivity index (χ4v) is 4.44. The van der Waals surface area contributed by atoms with Gasteiger partial charge in [-0.3, -0.25) is 9.78 Å². The van der Waals surface area contributed by atoms with Crippen molar-refractivity contribution in [2.24, 2.45) is 5.92 Å². The third-order valence-corrected chi connectivity index (χ3v) is 6.10. The average molecular weight is 357 g/mol. The fourth-order valence-electron chi connectivity index (χ4n) is 4.44. The smallest absolute Gasteiger partial charge is 0.272 e. The van der Waals surface area contributed by atoms with Gasteiger partial charge >= 0.3 is 0 Å². The van der Waals surface area contributed by atoms with E-state index < -0.39 is 0 Å². The Balaban J connectivity index is 1.37. The monoisotopic (exact) mass is 357 g/mol. The van der Waals surface area contributed by atoms with E-state index in [4.69, 9.17) is 5.10 Å². The maximum Gasteiger partial charge on any atom is 0.272 e. The molecule has 0 saturated heterocycles. The molecular formula is C21H19N5O. The normalized spacial score (nSPS) is 23.4. The van der Waals surface area contributed by atoms with Gasteiger partial charge in [-0.25, -0.2) is 9.67 Å². The van der Waals surface area contributed by atoms with Crippen LogP contribution in [-0.4, -0.2) is 25.7 Å². The first kappa shape index (κ1) is 15.1. The largest absolute Gasteiger partial charge is 0.340 e. The topological polar surface area (TPSA) is 72.7 Å². The molecule has 134 valence electrons. The maximum absolute atomic E-state index is 13.2. The van der Waals surface area contributed by atoms with Crippen LogP contribution in [0.1, 0.15) is 52.6 Å². The lowest BCUT2D eigenvalue weighted by Gasteiger charge is -2.16. The third kappa shape index (κ3) is 2.25. The Kier molecular flexibility index (Phi) is 2.93. The molecule has 1 amide bonds. The Bertz CT molecular complexity index is 1040. The van der Waals surface area contributed by atoms with Crippen molar-refractivity contribution in [2.75, 3.05) is 0 Å². The molecule has 3 aromatic heterocycles. The Morgan fingerprint density at radius 1 is 1.11 bits per heavy atom. The van der Waals surface area contributed by atoms with Crippen molar-refractivity contribution in [1.82, 2.24) is 25.1 Å². The maximum atomic E-state index is 13.2. The molecule has 2 atom stereocenters. The summed E-state index contributed by atoms with van der Waals surface area (Å²) in [5, 5.41) is 7.93. The van der Waals surface area contributed by atoms with Crippen LogP contribution in [0.4, 0.5) is 0 Å². The summed E-state index contributed by atoms with van der Waals surface area (Å²) in [7, 11) is 0. The molecule has 6 heteroatoms. The Hall–Kier alpha value is -3.02. The Morgan fingerprint density at radius 3 is 2.63 bits per heavy atom. The molecule has 0 bridgehead atoms. The van der Waals surface area contributed by atoms with Gasteiger partial charge in [0.25, 0.3) is 5.91 Å². The van der Waals surface area contributed by atoms with Crippen molar-refractivity contribution >= 4 is 5.91 Å². The number of hydrogen-bond acceptors (Lipinski definition) is 4. The van der Waals surface area contributed by atoms with Gasteiger partial charge in [0, 0.05) is 23.9 Å². The first-order valence-electron chi connectivity index (χ1n) is 9.52. The molecule has 3 heterocycles. The minimum absolute atomic E-state index is 0.0922. The van der Waals surface area contributed by atoms with Crippen LogP contribution in [0.2, 0.25) is 0 Å². The van der Waals surface area contributed by atoms with E-state index in [9.17, 15) is 4.79 Å². The fraction of sp³-hybridized carbons (Fsp3) is 0.333. The molecule has 0 unspecified atom stereocenters. The second-order valence-corrected chi connectivity index (χ2v) is 7.87. The highest BCUT2D eigenvalue weighted by Crippen LogP contribution is 2.57. The van der Waals surface area contributed by atoms with E-state index >= 15 is 0 Å². The van der Waals surface area contributed by atoms with E-state index in [2.05, 4.69) is 15.3 Å². The van der Waals surface area contributed by atoms with Gasteiger partial charge < -0.3 is 5.32 Å². The van der Waals surface area contributed by atoms with Crippen LogP contribution in [-0.2, 0) is 12.0 Å². The van der Waals surface area contributed by atoms with Gasteiger partial charge in [-0.15, -0.1) is 0 Å². The van der Waals surface area contributed by atoms with E-state index in [1.807, 2.05) is 41.1 Å². The number of nitrogens with one attached hydrogen (secondary N) is 1. The van der Waals surface area contributed by atoms with Gasteiger partial charge in [0.05, 0.1) is 16.9 Å². The number of carbonyl (C=O) groups excluding carboxylic acids is 1. The quantitative estimate of drug-likeness (QED) is 0.779. The SMILES string of the molecule is O=C(NC1(c2ccccn2)CC1)c1nn(-c2ccccn2)c2c1C[C@H]1C[C@@H]21. The summed E-state index contributed by atoms with van der Waals surface area (Å²) < 4.78 is 1.89. The molecule has 6 nitrogen and oxygen atoms in total. The van der Waals surface area contributed by atoms with Crippen LogP contribution < -0.4 is 5.32 Å². The number of carbonyl (C=O) groups is 1. The summed E-state index contributed by atoms with van der Waals surface area (Å²) >= 11 is 0. The third-order valence-electron chi connectivity index (χ3n) is 6.10. The van der Waals surface area contributed by atoms with Gasteiger partial charge in [0.1, 0.15) is 0 Å². The highest BCUT2D eigenvalue weighted by Gasteiger charge is 2.52. The molecule has 1 N–H and O–H groups in total. The number of fused-ring (bicyclic) bond motifs is 3. The first-order valence-corrected chi connectivity index (χ1v) is 9.52. The molecular weight excluding hydrogens is 338 g/mol. The zero-order valence-corrected chi connectivity index (χ0v) is 14.8. The summed E-state index contributed by atoms with van der Waals surface area (Å²) in [4.78, 5) is 22.1. The van der Waals surface area contributed by atoms with Crippen molar-refractivity contribution in [3.05, 3.63) is 71.4 Å². The average Bonchev–Trinajstić information content (AvgIpc) is 3.59. The Morgan fingerprint density at radius 2 is 1.93 bits per heavy atom. The van der Waals surface area contributed by atoms with Crippen molar-refractivity contribution in [3.63, 3.8) is 0 Å². The predicted molar refractivity (Wildman–Crippen MR) is 98.5 cm³/mol. The number of pyridine rings is 2. The van der Waals surface area contributed by atoms with Crippen LogP contribution in [0.3, 0.4) is 0 Å². The molecule has 2 fully saturated rings. The molecule has 3 aliphatic rings. The van der Waals surface area contributed by atoms with Gasteiger partial charge in [0.15, 0.2) is 11.5 Å². The molecule has 0 aliphatic heterocycles. The molecule has 2 saturated carbocycles. The zero-order chi connectivity index (χ0) is 18.0. The highest BCUT2D eigenvalue weighted by atomic mass is 16.2. The molecule has 6 rings (SSSR count). The number of nitrogens with zero attached hydrogens (tertiary/aromatic N) is 4. The summed E-state index contributed by atoms with van der Waals surface area (Å²) in [5.41, 5.74) is 3.46. The van der Waals surface area contributed by atoms with E-state index in [0.717, 1.165) is 36.3 Å². The molecule has 0 spiro atoms. The van der Waals surface area contributed by atoms with E-state index in [1.165, 1.54) is 12.1 Å². The first-order chi connectivity index (χ1) is 13.3. The lowest BCUT2D eigenvalue weighted by Crippen LogP contribution is -2.36. The van der Waals surface area contributed by atoms with Crippen LogP contribution >= 0.6 is 0 Å². The summed E-state index contributed by atoms with van der Waals surface area (Å²) in [5.74, 6) is 1.89. The van der Waals surface area contributed by atoms with Crippen molar-refractivity contribution in [2.45, 2.75) is 37.1 Å². The molecule has 0 aromatic carbocycles. The summed E-state index contributed by atoms with van der Waals surface area (Å²) in [6.07, 6.45) is 7.54. The lowest BCUT2D eigenvalue weighted by molar-refractivity contribution is 0.0923. The minimum Gasteiger partial charge on any atom is -0.340 e. The second-order valence-electron chi connectivity index (χ2n) is 7.87. The highest BCUT2D eigenvalue weighted by molar-refractivity contribution is 5.95. The van der Waals surface area contributed by atoms with Crippen LogP contribution in [0.25, 0.3) is 5.82 Å². The minimum atomic E-state index is -0.332. The summed E-state index contributed by atoms with van der Waals surface area (Å²) in [6, 6.07) is 11.6. The van der Waals surface area contributed by atoms with Gasteiger partial charge in [-0.2, -0.15) is 5.10 Å². The summed E-state index contributed by atoms with van der Waals surface area (Å²) in [6.45, 7) is 0. The van der Waals surface area contributed by atoms with E-state index in [1.54, 1.807) is 12.4 Å². The van der Waals surface area contributed by atoms with Gasteiger partial charge in [0.2, 0.25) is 0 Å². The van der Waals surface area contributed by atoms with Crippen LogP contribution in [0.15, 0.2) is 48.8 Å². The van der Waals surface area contributed by atoms with Crippen LogP contribution in [0.5, 0.6) is 0 Å². The molecule has 27 heavy (non-hydrogen) atoms. The van der Waals surface area contributed by atoms with E-state index in [0.29, 0.717) is 17.5 Å². The standard InChI is InChI=1S/C21H19N5O/c27-20(24-21(7-8-21)16-5-1-3-9-22-16)18-15-12-13-11-14(13)19(15)26(25-18)17-6-2-4-10-23-17/h1-6,9-10,13-14H,7-8,11-12H2,(H,24,27)/t13-,14-/m1/s1. The van der Waals surface area contributed by atoms with Gasteiger partial charge in [-0.05, 0) is 55.9 Å². The van der Waals surface area contributed by atoms with Crippen LogP contribution in [0, 0.1) is 5.92 Å². The lowest BCUT2D eigenvalue weighted by atomic mass is 10.1. The zero-order valence-electron chi connectivity index (χ0n) is 14.8. The number of amides is 1. The van der Waals surface area contributed by atoms with Crippen molar-refractivity contribution in [1.29, 1.82) is 0 Å². The molecule has 0 radical (unpaired) electrons. The number of aromatic nitrogens is 4. The van der Waals surface area contributed by atoms with Crippen molar-refractivity contribution in [3.8, 4) is 5.82 Å². The van der Waals surface area contributed by atoms with E-state index in [-0.39, 0.29) is 11.4 Å². The molecule has 3 aliphatic carbocycles. The van der Waals surface area contributed by atoms with Gasteiger partial charge in [-0.1, -0.05) is 12.1 Å².